The van der Waals surface area contributed by atoms with Gasteiger partial charge in [0.05, 0.1) is 13.2 Å². The molecule has 1 aromatic carbocycles. The zero-order chi connectivity index (χ0) is 13.3. The Balaban J connectivity index is 2.06. The molecule has 0 amide bonds. The first-order valence-electron chi connectivity index (χ1n) is 6.00. The van der Waals surface area contributed by atoms with Crippen LogP contribution in [0.15, 0.2) is 24.3 Å². The van der Waals surface area contributed by atoms with Crippen molar-refractivity contribution in [3.05, 3.63) is 29.8 Å². The lowest BCUT2D eigenvalue weighted by atomic mass is 10.0. The molecule has 1 saturated heterocycles. The van der Waals surface area contributed by atoms with Gasteiger partial charge in [0.15, 0.2) is 5.60 Å². The standard InChI is InChI=1S/C14H18O4/c1-9(2)17-13(15)14(3)12(18-14)10-5-7-11(16-4)8-6-10/h5-9,12H,1-4H3. The highest BCUT2D eigenvalue weighted by Crippen LogP contribution is 2.50. The summed E-state index contributed by atoms with van der Waals surface area (Å²) in [6.07, 6.45) is -0.357. The minimum Gasteiger partial charge on any atom is -0.497 e. The SMILES string of the molecule is COc1ccc(C2OC2(C)C(=O)OC(C)C)cc1. The van der Waals surface area contributed by atoms with Crippen molar-refractivity contribution in [2.24, 2.45) is 0 Å². The first-order chi connectivity index (χ1) is 8.47. The maximum atomic E-state index is 11.9. The molecule has 2 atom stereocenters. The van der Waals surface area contributed by atoms with Crippen LogP contribution in [-0.4, -0.2) is 24.8 Å². The number of benzene rings is 1. The summed E-state index contributed by atoms with van der Waals surface area (Å²) < 4.78 is 15.8. The molecule has 18 heavy (non-hydrogen) atoms. The summed E-state index contributed by atoms with van der Waals surface area (Å²) in [4.78, 5) is 11.9. The van der Waals surface area contributed by atoms with Crippen LogP contribution in [0.3, 0.4) is 0 Å². The highest BCUT2D eigenvalue weighted by atomic mass is 16.7. The van der Waals surface area contributed by atoms with Crippen molar-refractivity contribution in [1.82, 2.24) is 0 Å². The molecule has 0 spiro atoms. The van der Waals surface area contributed by atoms with E-state index in [4.69, 9.17) is 14.2 Å². The lowest BCUT2D eigenvalue weighted by Crippen LogP contribution is -2.26. The number of hydrogen-bond donors (Lipinski definition) is 0. The summed E-state index contributed by atoms with van der Waals surface area (Å²) in [6.45, 7) is 5.41. The summed E-state index contributed by atoms with van der Waals surface area (Å²) in [5, 5.41) is 0. The molecule has 0 aliphatic carbocycles. The molecule has 1 aliphatic heterocycles. The van der Waals surface area contributed by atoms with Crippen LogP contribution in [0.1, 0.15) is 32.4 Å². The number of hydrogen-bond acceptors (Lipinski definition) is 4. The summed E-state index contributed by atoms with van der Waals surface area (Å²) in [5.74, 6) is 0.476. The predicted octanol–water partition coefficient (Wildman–Crippen LogP) is 2.48. The fourth-order valence-corrected chi connectivity index (χ4v) is 1.86. The van der Waals surface area contributed by atoms with Gasteiger partial charge in [-0.2, -0.15) is 0 Å². The molecule has 0 N–H and O–H groups in total. The highest BCUT2D eigenvalue weighted by Gasteiger charge is 2.60. The lowest BCUT2D eigenvalue weighted by molar-refractivity contribution is -0.153. The van der Waals surface area contributed by atoms with Crippen LogP contribution in [0.25, 0.3) is 0 Å². The average Bonchev–Trinajstić information content (AvgIpc) is 3.03. The summed E-state index contributed by atoms with van der Waals surface area (Å²) >= 11 is 0. The van der Waals surface area contributed by atoms with E-state index in [0.717, 1.165) is 11.3 Å². The molecule has 2 rings (SSSR count). The number of methoxy groups -OCH3 is 1. The van der Waals surface area contributed by atoms with Gasteiger partial charge in [-0.05, 0) is 38.5 Å². The number of esters is 1. The molecule has 0 bridgehead atoms. The van der Waals surface area contributed by atoms with Crippen LogP contribution in [0, 0.1) is 0 Å². The number of rotatable bonds is 4. The average molecular weight is 250 g/mol. The number of carbonyl (C=O) groups is 1. The van der Waals surface area contributed by atoms with E-state index in [1.54, 1.807) is 14.0 Å². The Labute approximate surface area is 107 Å². The molecule has 0 saturated carbocycles. The third kappa shape index (κ3) is 2.34. The van der Waals surface area contributed by atoms with Crippen LogP contribution in [-0.2, 0) is 14.3 Å². The van der Waals surface area contributed by atoms with E-state index in [9.17, 15) is 4.79 Å². The molecule has 4 heteroatoms. The van der Waals surface area contributed by atoms with Gasteiger partial charge in [0.1, 0.15) is 11.9 Å². The second kappa shape index (κ2) is 4.61. The molecule has 0 aromatic heterocycles. The van der Waals surface area contributed by atoms with Crippen molar-refractivity contribution < 1.29 is 19.0 Å². The second-order valence-corrected chi connectivity index (χ2v) is 4.83. The van der Waals surface area contributed by atoms with Gasteiger partial charge in [-0.25, -0.2) is 4.79 Å². The predicted molar refractivity (Wildman–Crippen MR) is 66.5 cm³/mol. The van der Waals surface area contributed by atoms with Gasteiger partial charge >= 0.3 is 5.97 Å². The van der Waals surface area contributed by atoms with E-state index >= 15 is 0 Å². The number of epoxide rings is 1. The van der Waals surface area contributed by atoms with E-state index in [2.05, 4.69) is 0 Å². The van der Waals surface area contributed by atoms with Crippen molar-refractivity contribution in [1.29, 1.82) is 0 Å². The quantitative estimate of drug-likeness (QED) is 0.608. The fourth-order valence-electron chi connectivity index (χ4n) is 1.86. The van der Waals surface area contributed by atoms with E-state index < -0.39 is 5.60 Å². The van der Waals surface area contributed by atoms with Gasteiger partial charge in [-0.3, -0.25) is 0 Å². The molecule has 1 fully saturated rings. The van der Waals surface area contributed by atoms with Crippen LogP contribution >= 0.6 is 0 Å². The zero-order valence-corrected chi connectivity index (χ0v) is 11.1. The summed E-state index contributed by atoms with van der Waals surface area (Å²) in [7, 11) is 1.62. The van der Waals surface area contributed by atoms with E-state index in [1.165, 1.54) is 0 Å². The summed E-state index contributed by atoms with van der Waals surface area (Å²) in [6, 6.07) is 7.51. The Kier molecular flexibility index (Phi) is 3.30. The molecule has 1 aromatic rings. The van der Waals surface area contributed by atoms with Gasteiger partial charge in [0, 0.05) is 0 Å². The van der Waals surface area contributed by atoms with Crippen molar-refractivity contribution in [2.45, 2.75) is 38.6 Å². The zero-order valence-electron chi connectivity index (χ0n) is 11.1. The van der Waals surface area contributed by atoms with E-state index in [0.29, 0.717) is 0 Å². The normalized spacial score (nSPS) is 25.9. The van der Waals surface area contributed by atoms with Crippen LogP contribution in [0.4, 0.5) is 0 Å². The van der Waals surface area contributed by atoms with Gasteiger partial charge in [-0.1, -0.05) is 12.1 Å². The van der Waals surface area contributed by atoms with Crippen molar-refractivity contribution in [2.75, 3.05) is 7.11 Å². The molecular formula is C14H18O4. The maximum absolute atomic E-state index is 11.9. The molecule has 98 valence electrons. The summed E-state index contributed by atoms with van der Waals surface area (Å²) in [5.41, 5.74) is 0.109. The molecular weight excluding hydrogens is 232 g/mol. The maximum Gasteiger partial charge on any atom is 0.341 e. The minimum absolute atomic E-state index is 0.130. The smallest absolute Gasteiger partial charge is 0.341 e. The van der Waals surface area contributed by atoms with Gasteiger partial charge in [-0.15, -0.1) is 0 Å². The van der Waals surface area contributed by atoms with Crippen molar-refractivity contribution in [3.63, 3.8) is 0 Å². The van der Waals surface area contributed by atoms with Gasteiger partial charge in [0.25, 0.3) is 0 Å². The second-order valence-electron chi connectivity index (χ2n) is 4.83. The van der Waals surface area contributed by atoms with Gasteiger partial charge < -0.3 is 14.2 Å². The molecule has 1 aliphatic rings. The first kappa shape index (κ1) is 12.9. The number of carbonyl (C=O) groups excluding carboxylic acids is 1. The highest BCUT2D eigenvalue weighted by molar-refractivity contribution is 5.83. The van der Waals surface area contributed by atoms with Crippen LogP contribution < -0.4 is 4.74 Å². The first-order valence-corrected chi connectivity index (χ1v) is 6.00. The van der Waals surface area contributed by atoms with Crippen molar-refractivity contribution in [3.8, 4) is 5.75 Å². The number of ether oxygens (including phenoxy) is 3. The molecule has 0 radical (unpaired) electrons. The topological polar surface area (TPSA) is 48.1 Å². The molecule has 1 heterocycles. The monoisotopic (exact) mass is 250 g/mol. The third-order valence-corrected chi connectivity index (χ3v) is 2.97. The largest absolute Gasteiger partial charge is 0.497 e. The molecule has 4 nitrogen and oxygen atoms in total. The third-order valence-electron chi connectivity index (χ3n) is 2.97. The Morgan fingerprint density at radius 1 is 1.33 bits per heavy atom. The van der Waals surface area contributed by atoms with Gasteiger partial charge in [0.2, 0.25) is 0 Å². The lowest BCUT2D eigenvalue weighted by Gasteiger charge is -2.10. The Bertz CT molecular complexity index is 438. The van der Waals surface area contributed by atoms with E-state index in [-0.39, 0.29) is 18.2 Å². The Morgan fingerprint density at radius 2 is 1.94 bits per heavy atom. The molecule has 2 unspecified atom stereocenters. The van der Waals surface area contributed by atoms with Crippen LogP contribution in [0.5, 0.6) is 5.75 Å². The van der Waals surface area contributed by atoms with E-state index in [1.807, 2.05) is 38.1 Å². The Morgan fingerprint density at radius 3 is 2.44 bits per heavy atom. The fraction of sp³-hybridized carbons (Fsp3) is 0.500. The minimum atomic E-state index is -0.848. The van der Waals surface area contributed by atoms with Crippen molar-refractivity contribution >= 4 is 5.97 Å². The Hall–Kier alpha value is -1.55. The van der Waals surface area contributed by atoms with Crippen LogP contribution in [0.2, 0.25) is 0 Å².